The Morgan fingerprint density at radius 1 is 1.10 bits per heavy atom. The molecule has 2 nitrogen and oxygen atoms in total. The minimum atomic E-state index is -0.917. The van der Waals surface area contributed by atoms with E-state index in [1.165, 1.54) is 25.5 Å². The Labute approximate surface area is 177 Å². The van der Waals surface area contributed by atoms with Crippen molar-refractivity contribution in [1.29, 1.82) is 0 Å². The molecule has 9 atom stereocenters. The van der Waals surface area contributed by atoms with E-state index < -0.39 is 5.60 Å². The van der Waals surface area contributed by atoms with Crippen LogP contribution in [-0.4, -0.2) is 17.0 Å². The molecule has 0 heterocycles. The highest BCUT2D eigenvalue weighted by Gasteiger charge is 2.66. The van der Waals surface area contributed by atoms with Gasteiger partial charge >= 0.3 is 0 Å². The smallest absolute Gasteiger partial charge is 0.131 e. The molecule has 0 aromatic rings. The van der Waals surface area contributed by atoms with Gasteiger partial charge in [0.15, 0.2) is 0 Å². The molecule has 4 aliphatic rings. The monoisotopic (exact) mass is 394 g/mol. The minimum Gasteiger partial charge on any atom is -0.377 e. The number of hydrogen-bond donors (Lipinski definition) is 1. The normalized spacial score (nSPS) is 51.0. The summed E-state index contributed by atoms with van der Waals surface area (Å²) in [6.07, 6.45) is 20.0. The summed E-state index contributed by atoms with van der Waals surface area (Å²) >= 11 is 0. The molecule has 0 aromatic carbocycles. The van der Waals surface area contributed by atoms with Crippen molar-refractivity contribution in [2.24, 2.45) is 46.3 Å². The summed E-state index contributed by atoms with van der Waals surface area (Å²) < 4.78 is 0. The van der Waals surface area contributed by atoms with E-state index >= 15 is 0 Å². The van der Waals surface area contributed by atoms with Gasteiger partial charge in [-0.2, -0.15) is 0 Å². The molecule has 0 aromatic heterocycles. The van der Waals surface area contributed by atoms with Gasteiger partial charge in [-0.1, -0.05) is 32.8 Å². The molecule has 4 saturated carbocycles. The predicted octanol–water partition coefficient (Wildman–Crippen LogP) is 5.56. The fourth-order valence-corrected chi connectivity index (χ4v) is 9.00. The van der Waals surface area contributed by atoms with Crippen LogP contribution in [0.15, 0.2) is 18.4 Å². The molecule has 4 fully saturated rings. The molecule has 2 heteroatoms. The first-order valence-corrected chi connectivity index (χ1v) is 11.9. The third kappa shape index (κ3) is 2.77. The first kappa shape index (κ1) is 21.0. The molecule has 29 heavy (non-hydrogen) atoms. The van der Waals surface area contributed by atoms with Crippen LogP contribution in [-0.2, 0) is 4.79 Å². The van der Waals surface area contributed by atoms with Crippen LogP contribution in [0.25, 0.3) is 0 Å². The molecule has 0 aliphatic heterocycles. The molecule has 3 unspecified atom stereocenters. The average Bonchev–Trinajstić information content (AvgIpc) is 3.02. The Hall–Kier alpha value is -1.29. The molecular weight excluding hydrogens is 356 g/mol. The van der Waals surface area contributed by atoms with Crippen LogP contribution >= 0.6 is 0 Å². The molecule has 0 saturated heterocycles. The zero-order chi connectivity index (χ0) is 20.9. The lowest BCUT2D eigenvalue weighted by atomic mass is 9.42. The van der Waals surface area contributed by atoms with E-state index in [0.29, 0.717) is 29.6 Å². The average molecular weight is 395 g/mol. The number of carbonyl (C=O) groups is 1. The number of aldehydes is 1. The highest BCUT2D eigenvalue weighted by atomic mass is 16.3. The van der Waals surface area contributed by atoms with Gasteiger partial charge in [0.25, 0.3) is 0 Å². The van der Waals surface area contributed by atoms with Crippen molar-refractivity contribution in [3.05, 3.63) is 18.4 Å². The highest BCUT2D eigenvalue weighted by molar-refractivity contribution is 5.55. The molecule has 1 N–H and O–H groups in total. The van der Waals surface area contributed by atoms with E-state index in [2.05, 4.69) is 38.2 Å². The maximum atomic E-state index is 11.8. The topological polar surface area (TPSA) is 37.3 Å². The van der Waals surface area contributed by atoms with Crippen LogP contribution in [0.1, 0.15) is 78.1 Å². The van der Waals surface area contributed by atoms with Crippen molar-refractivity contribution < 1.29 is 9.90 Å². The van der Waals surface area contributed by atoms with Gasteiger partial charge in [-0.15, -0.1) is 12.2 Å². The van der Waals surface area contributed by atoms with Crippen LogP contribution in [0.2, 0.25) is 0 Å². The van der Waals surface area contributed by atoms with Crippen LogP contribution in [0.4, 0.5) is 0 Å². The van der Waals surface area contributed by atoms with Gasteiger partial charge in [0.2, 0.25) is 0 Å². The van der Waals surface area contributed by atoms with Gasteiger partial charge in [-0.05, 0) is 98.9 Å². The van der Waals surface area contributed by atoms with E-state index in [0.717, 1.165) is 44.9 Å². The maximum absolute atomic E-state index is 11.8. The van der Waals surface area contributed by atoms with Crippen LogP contribution < -0.4 is 0 Å². The molecule has 4 aliphatic carbocycles. The predicted molar refractivity (Wildman–Crippen MR) is 117 cm³/mol. The molecule has 4 rings (SSSR count). The Morgan fingerprint density at radius 2 is 1.86 bits per heavy atom. The fourth-order valence-electron chi connectivity index (χ4n) is 9.00. The number of hydrogen-bond acceptors (Lipinski definition) is 2. The van der Waals surface area contributed by atoms with E-state index in [1.807, 2.05) is 0 Å². The van der Waals surface area contributed by atoms with Gasteiger partial charge in [0, 0.05) is 11.3 Å². The first-order valence-electron chi connectivity index (χ1n) is 11.9. The zero-order valence-corrected chi connectivity index (χ0v) is 18.3. The third-order valence-corrected chi connectivity index (χ3v) is 10.2. The Morgan fingerprint density at radius 3 is 2.52 bits per heavy atom. The number of allylic oxidation sites excluding steroid dienone is 1. The fraction of sp³-hybridized carbons (Fsp3) is 0.778. The molecule has 0 radical (unpaired) electrons. The Balaban J connectivity index is 1.68. The van der Waals surface area contributed by atoms with E-state index in [1.54, 1.807) is 0 Å². The number of terminal acetylenes is 1. The highest BCUT2D eigenvalue weighted by Crippen LogP contribution is 2.70. The molecule has 0 amide bonds. The number of carbonyl (C=O) groups excluding carboxylic acids is 1. The quantitative estimate of drug-likeness (QED) is 0.385. The summed E-state index contributed by atoms with van der Waals surface area (Å²) in [5.41, 5.74) is 2.29. The summed E-state index contributed by atoms with van der Waals surface area (Å²) in [6, 6.07) is 0. The Bertz CT molecular complexity index is 742. The third-order valence-electron chi connectivity index (χ3n) is 10.2. The summed E-state index contributed by atoms with van der Waals surface area (Å²) in [6.45, 7) is 8.56. The van der Waals surface area contributed by atoms with Crippen molar-refractivity contribution in [3.63, 3.8) is 0 Å². The standard InChI is InChI=1S/C27H38O2/c1-5-8-20-19(18-28)11-15-25(4)22(20)10-9-21-23(25)12-16-26(14-6-2)24(21)13-17-27(26,29)7-3/h3,8,18-24,29H,1,6,9-17H2,2,4H3/t19?,20?,21-,22?,23+,24+,25+,26+,27-/m1/s1. The minimum absolute atomic E-state index is 0.0821. The first-order chi connectivity index (χ1) is 13.9. The maximum Gasteiger partial charge on any atom is 0.131 e. The van der Waals surface area contributed by atoms with Crippen molar-refractivity contribution in [2.45, 2.75) is 83.7 Å². The van der Waals surface area contributed by atoms with Crippen molar-refractivity contribution in [1.82, 2.24) is 0 Å². The van der Waals surface area contributed by atoms with Crippen LogP contribution in [0, 0.1) is 58.7 Å². The summed E-state index contributed by atoms with van der Waals surface area (Å²) in [4.78, 5) is 11.8. The summed E-state index contributed by atoms with van der Waals surface area (Å²) in [7, 11) is 0. The second kappa shape index (κ2) is 7.44. The molecule has 0 bridgehead atoms. The van der Waals surface area contributed by atoms with Gasteiger partial charge in [0.05, 0.1) is 0 Å². The second-order valence-electron chi connectivity index (χ2n) is 10.8. The van der Waals surface area contributed by atoms with Crippen molar-refractivity contribution in [2.75, 3.05) is 0 Å². The van der Waals surface area contributed by atoms with E-state index in [4.69, 9.17) is 6.42 Å². The largest absolute Gasteiger partial charge is 0.377 e. The summed E-state index contributed by atoms with van der Waals surface area (Å²) in [5, 5.41) is 11.4. The molecular formula is C27H38O2. The number of fused-ring (bicyclic) bond motifs is 5. The lowest BCUT2D eigenvalue weighted by Crippen LogP contribution is -2.58. The van der Waals surface area contributed by atoms with Gasteiger partial charge < -0.3 is 9.90 Å². The number of rotatable bonds is 4. The lowest BCUT2D eigenvalue weighted by molar-refractivity contribution is -0.157. The van der Waals surface area contributed by atoms with Crippen LogP contribution in [0.5, 0.6) is 0 Å². The molecule has 0 spiro atoms. The van der Waals surface area contributed by atoms with Crippen molar-refractivity contribution >= 4 is 6.29 Å². The molecule has 158 valence electrons. The van der Waals surface area contributed by atoms with Crippen molar-refractivity contribution in [3.8, 4) is 12.3 Å². The second-order valence-corrected chi connectivity index (χ2v) is 10.8. The van der Waals surface area contributed by atoms with E-state index in [-0.39, 0.29) is 16.7 Å². The zero-order valence-electron chi connectivity index (χ0n) is 18.3. The van der Waals surface area contributed by atoms with Gasteiger partial charge in [-0.3, -0.25) is 0 Å². The van der Waals surface area contributed by atoms with Gasteiger partial charge in [-0.25, -0.2) is 0 Å². The lowest BCUT2D eigenvalue weighted by Gasteiger charge is -2.63. The SMILES string of the molecule is C#C[C@@]1(O)CC[C@H]2[C@@H]3CCC4C(C=C=C)C(C=O)CC[C@]4(C)[C@H]3CC[C@@]21CCC. The summed E-state index contributed by atoms with van der Waals surface area (Å²) in [5.74, 6) is 5.73. The Kier molecular flexibility index (Phi) is 5.38. The number of aliphatic hydroxyl groups is 1. The van der Waals surface area contributed by atoms with E-state index in [9.17, 15) is 9.90 Å². The van der Waals surface area contributed by atoms with Crippen LogP contribution in [0.3, 0.4) is 0 Å². The van der Waals surface area contributed by atoms with Gasteiger partial charge in [0.1, 0.15) is 11.9 Å².